The molecule has 0 aliphatic carbocycles. The monoisotopic (exact) mass is 320 g/mol. The van der Waals surface area contributed by atoms with Crippen molar-refractivity contribution in [1.82, 2.24) is 0 Å². The van der Waals surface area contributed by atoms with Crippen molar-refractivity contribution in [2.45, 2.75) is 10.8 Å². The van der Waals surface area contributed by atoms with E-state index in [1.54, 1.807) is 12.1 Å². The number of rotatable bonds is 4. The molecule has 80 valence electrons. The van der Waals surface area contributed by atoms with Gasteiger partial charge in [0.15, 0.2) is 0 Å². The second-order valence-electron chi connectivity index (χ2n) is 3.00. The number of hydrogen-bond donors (Lipinski definition) is 2. The van der Waals surface area contributed by atoms with Crippen LogP contribution in [0.25, 0.3) is 0 Å². The van der Waals surface area contributed by atoms with Gasteiger partial charge < -0.3 is 10.2 Å². The van der Waals surface area contributed by atoms with Crippen LogP contribution in [0.4, 0.5) is 0 Å². The smallest absolute Gasteiger partial charge is 0.336 e. The highest BCUT2D eigenvalue weighted by Crippen LogP contribution is 2.16. The Kier molecular flexibility index (Phi) is 4.07. The summed E-state index contributed by atoms with van der Waals surface area (Å²) in [6, 6.07) is 4.73. The van der Waals surface area contributed by atoms with Crippen LogP contribution in [0.5, 0.6) is 0 Å². The van der Waals surface area contributed by atoms with Gasteiger partial charge in [0.05, 0.1) is 12.0 Å². The van der Waals surface area contributed by atoms with E-state index in [1.807, 2.05) is 0 Å². The van der Waals surface area contributed by atoms with Gasteiger partial charge >= 0.3 is 11.9 Å². The highest BCUT2D eigenvalue weighted by Gasteiger charge is 2.11. The minimum atomic E-state index is -1.02. The Bertz CT molecular complexity index is 400. The Morgan fingerprint density at radius 2 is 1.93 bits per heavy atom. The molecule has 2 N–H and O–H groups in total. The summed E-state index contributed by atoms with van der Waals surface area (Å²) in [6.07, 6.45) is -0.151. The van der Waals surface area contributed by atoms with Gasteiger partial charge in [-0.2, -0.15) is 0 Å². The van der Waals surface area contributed by atoms with E-state index in [4.69, 9.17) is 10.2 Å². The first kappa shape index (κ1) is 12.0. The van der Waals surface area contributed by atoms with Crippen molar-refractivity contribution in [2.24, 2.45) is 0 Å². The summed E-state index contributed by atoms with van der Waals surface area (Å²) in [6.45, 7) is 0. The highest BCUT2D eigenvalue weighted by atomic mass is 127. The second kappa shape index (κ2) is 5.11. The molecule has 0 amide bonds. The number of benzene rings is 1. The number of hydrogen-bond acceptors (Lipinski definition) is 2. The lowest BCUT2D eigenvalue weighted by Crippen LogP contribution is -2.05. The molecule has 0 aliphatic heterocycles. The Balaban J connectivity index is 3.10. The first-order valence-corrected chi connectivity index (χ1v) is 5.70. The molecule has 1 aromatic rings. The van der Waals surface area contributed by atoms with Gasteiger partial charge in [0.25, 0.3) is 0 Å². The summed E-state index contributed by atoms with van der Waals surface area (Å²) in [5.41, 5.74) is 1.40. The Hall–Kier alpha value is -1.11. The molecule has 5 heteroatoms. The maximum atomic E-state index is 10.9. The predicted molar refractivity (Wildman–Crippen MR) is 62.5 cm³/mol. The molecular formula is C10H9IO4. The molecule has 4 nitrogen and oxygen atoms in total. The summed E-state index contributed by atoms with van der Waals surface area (Å²) < 4.78 is 0.590. The average molecular weight is 320 g/mol. The lowest BCUT2D eigenvalue weighted by atomic mass is 10.0. The van der Waals surface area contributed by atoms with Crippen molar-refractivity contribution in [1.29, 1.82) is 0 Å². The van der Waals surface area contributed by atoms with Gasteiger partial charge in [0, 0.05) is 4.43 Å². The Morgan fingerprint density at radius 3 is 2.40 bits per heavy atom. The van der Waals surface area contributed by atoms with Crippen molar-refractivity contribution in [3.63, 3.8) is 0 Å². The number of carboxylic acids is 2. The third kappa shape index (κ3) is 3.19. The Morgan fingerprint density at radius 1 is 1.27 bits per heavy atom. The summed E-state index contributed by atoms with van der Waals surface area (Å²) in [4.78, 5) is 21.3. The van der Waals surface area contributed by atoms with Crippen LogP contribution in [0.1, 0.15) is 21.5 Å². The normalized spacial score (nSPS) is 9.93. The van der Waals surface area contributed by atoms with Crippen molar-refractivity contribution in [3.05, 3.63) is 34.9 Å². The molecule has 1 rings (SSSR count). The average Bonchev–Trinajstić information content (AvgIpc) is 2.16. The molecule has 0 bridgehead atoms. The van der Waals surface area contributed by atoms with Gasteiger partial charge in [0.2, 0.25) is 0 Å². The van der Waals surface area contributed by atoms with Crippen LogP contribution >= 0.6 is 22.6 Å². The van der Waals surface area contributed by atoms with E-state index >= 15 is 0 Å². The first-order chi connectivity index (χ1) is 7.04. The Labute approximate surface area is 100 Å². The van der Waals surface area contributed by atoms with Crippen molar-refractivity contribution in [2.75, 3.05) is 0 Å². The van der Waals surface area contributed by atoms with Crippen molar-refractivity contribution in [3.8, 4) is 0 Å². The highest BCUT2D eigenvalue weighted by molar-refractivity contribution is 14.1. The third-order valence-corrected chi connectivity index (χ3v) is 2.73. The maximum absolute atomic E-state index is 10.9. The fourth-order valence-corrected chi connectivity index (χ4v) is 1.89. The SMILES string of the molecule is O=C(O)Cc1ccc(CI)c(C(=O)O)c1. The first-order valence-electron chi connectivity index (χ1n) is 4.17. The molecule has 0 fully saturated rings. The molecule has 1 aromatic carbocycles. The van der Waals surface area contributed by atoms with Gasteiger partial charge in [0.1, 0.15) is 0 Å². The summed E-state index contributed by atoms with van der Waals surface area (Å²) in [7, 11) is 0. The molecular weight excluding hydrogens is 311 g/mol. The summed E-state index contributed by atoms with van der Waals surface area (Å²) in [5, 5.41) is 17.5. The zero-order valence-electron chi connectivity index (χ0n) is 7.74. The minimum Gasteiger partial charge on any atom is -0.481 e. The van der Waals surface area contributed by atoms with E-state index in [-0.39, 0.29) is 12.0 Å². The van der Waals surface area contributed by atoms with E-state index in [1.165, 1.54) is 6.07 Å². The van der Waals surface area contributed by atoms with Gasteiger partial charge in [-0.25, -0.2) is 4.79 Å². The van der Waals surface area contributed by atoms with E-state index in [2.05, 4.69) is 22.6 Å². The standard InChI is InChI=1S/C10H9IO4/c11-5-7-2-1-6(4-9(12)13)3-8(7)10(14)15/h1-3H,4-5H2,(H,12,13)(H,14,15). The van der Waals surface area contributed by atoms with Crippen molar-refractivity contribution < 1.29 is 19.8 Å². The largest absolute Gasteiger partial charge is 0.481 e. The third-order valence-electron chi connectivity index (χ3n) is 1.90. The number of aliphatic carboxylic acids is 1. The molecule has 0 saturated heterocycles. The zero-order chi connectivity index (χ0) is 11.4. The lowest BCUT2D eigenvalue weighted by Gasteiger charge is -2.04. The number of carbonyl (C=O) groups is 2. The van der Waals surface area contributed by atoms with E-state index in [0.717, 1.165) is 0 Å². The van der Waals surface area contributed by atoms with Gasteiger partial charge in [-0.15, -0.1) is 0 Å². The molecule has 0 spiro atoms. The topological polar surface area (TPSA) is 74.6 Å². The van der Waals surface area contributed by atoms with Gasteiger partial charge in [-0.1, -0.05) is 34.7 Å². The fourth-order valence-electron chi connectivity index (χ4n) is 1.22. The zero-order valence-corrected chi connectivity index (χ0v) is 9.89. The molecule has 0 radical (unpaired) electrons. The van der Waals surface area contributed by atoms with Gasteiger partial charge in [-0.3, -0.25) is 4.79 Å². The molecule has 0 unspecified atom stereocenters. The van der Waals surface area contributed by atoms with Crippen LogP contribution in [0.3, 0.4) is 0 Å². The molecule has 15 heavy (non-hydrogen) atoms. The molecule has 0 heterocycles. The molecule has 0 atom stereocenters. The second-order valence-corrected chi connectivity index (χ2v) is 3.76. The van der Waals surface area contributed by atoms with E-state index < -0.39 is 11.9 Å². The predicted octanol–water partition coefficient (Wildman–Crippen LogP) is 1.95. The lowest BCUT2D eigenvalue weighted by molar-refractivity contribution is -0.136. The fraction of sp³-hybridized carbons (Fsp3) is 0.200. The minimum absolute atomic E-state index is 0.151. The summed E-state index contributed by atoms with van der Waals surface area (Å²) >= 11 is 2.07. The summed E-state index contributed by atoms with van der Waals surface area (Å²) in [5.74, 6) is -1.98. The maximum Gasteiger partial charge on any atom is 0.336 e. The van der Waals surface area contributed by atoms with E-state index in [9.17, 15) is 9.59 Å². The van der Waals surface area contributed by atoms with Crippen LogP contribution in [0, 0.1) is 0 Å². The van der Waals surface area contributed by atoms with Gasteiger partial charge in [-0.05, 0) is 17.2 Å². The molecule has 0 aliphatic rings. The molecule has 0 aromatic heterocycles. The number of halogens is 1. The number of aromatic carboxylic acids is 1. The van der Waals surface area contributed by atoms with E-state index in [0.29, 0.717) is 15.6 Å². The van der Waals surface area contributed by atoms with Crippen LogP contribution < -0.4 is 0 Å². The van der Waals surface area contributed by atoms with Crippen LogP contribution in [0.2, 0.25) is 0 Å². The number of alkyl halides is 1. The van der Waals surface area contributed by atoms with Crippen LogP contribution in [-0.4, -0.2) is 22.2 Å². The van der Waals surface area contributed by atoms with Crippen molar-refractivity contribution >= 4 is 34.5 Å². The number of carboxylic acid groups (broad SMARTS) is 2. The van der Waals surface area contributed by atoms with Crippen LogP contribution in [0.15, 0.2) is 18.2 Å². The quantitative estimate of drug-likeness (QED) is 0.657. The van der Waals surface area contributed by atoms with Crippen LogP contribution in [-0.2, 0) is 15.6 Å². The molecule has 0 saturated carbocycles.